The Hall–Kier alpha value is -2.47. The lowest BCUT2D eigenvalue weighted by atomic mass is 10.1. The number of carboxylic acid groups (broad SMARTS) is 1. The van der Waals surface area contributed by atoms with Crippen LogP contribution in [0.3, 0.4) is 0 Å². The van der Waals surface area contributed by atoms with Gasteiger partial charge < -0.3 is 14.7 Å². The van der Waals surface area contributed by atoms with E-state index in [0.717, 1.165) is 11.3 Å². The Morgan fingerprint density at radius 3 is 2.40 bits per heavy atom. The quantitative estimate of drug-likeness (QED) is 0.766. The van der Waals surface area contributed by atoms with E-state index in [1.54, 1.807) is 50.2 Å². The zero-order valence-corrected chi connectivity index (χ0v) is 15.2. The summed E-state index contributed by atoms with van der Waals surface area (Å²) in [7, 11) is 3.34. The van der Waals surface area contributed by atoms with Gasteiger partial charge in [0.25, 0.3) is 5.91 Å². The number of carbonyl (C=O) groups is 2. The molecule has 0 radical (unpaired) electrons. The van der Waals surface area contributed by atoms with Gasteiger partial charge in [-0.1, -0.05) is 24.3 Å². The van der Waals surface area contributed by atoms with Crippen LogP contribution >= 0.6 is 11.8 Å². The van der Waals surface area contributed by atoms with Gasteiger partial charge in [0.2, 0.25) is 0 Å². The molecule has 132 valence electrons. The number of hydrogen-bond donors (Lipinski definition) is 1. The molecule has 25 heavy (non-hydrogen) atoms. The summed E-state index contributed by atoms with van der Waals surface area (Å²) in [6, 6.07) is 14.6. The predicted octanol–water partition coefficient (Wildman–Crippen LogP) is 3.53. The third-order valence-electron chi connectivity index (χ3n) is 3.69. The largest absolute Gasteiger partial charge is 0.497 e. The second-order valence-electron chi connectivity index (χ2n) is 5.60. The molecule has 0 saturated heterocycles. The van der Waals surface area contributed by atoms with Gasteiger partial charge in [0.15, 0.2) is 0 Å². The monoisotopic (exact) mass is 359 g/mol. The van der Waals surface area contributed by atoms with Crippen molar-refractivity contribution >= 4 is 23.6 Å². The number of aliphatic carboxylic acids is 1. The molecule has 0 saturated carbocycles. The highest BCUT2D eigenvalue weighted by molar-refractivity contribution is 8.00. The summed E-state index contributed by atoms with van der Waals surface area (Å²) in [6.45, 7) is 2.06. The van der Waals surface area contributed by atoms with Gasteiger partial charge in [-0.15, -0.1) is 11.8 Å². The highest BCUT2D eigenvalue weighted by atomic mass is 32.2. The van der Waals surface area contributed by atoms with Crippen LogP contribution in [0.2, 0.25) is 0 Å². The number of thioether (sulfide) groups is 1. The molecule has 0 fully saturated rings. The van der Waals surface area contributed by atoms with Gasteiger partial charge in [0.05, 0.1) is 12.7 Å². The molecule has 5 nitrogen and oxygen atoms in total. The second kappa shape index (κ2) is 8.58. The summed E-state index contributed by atoms with van der Waals surface area (Å²) in [5.41, 5.74) is 1.50. The Balaban J connectivity index is 2.14. The van der Waals surface area contributed by atoms with Gasteiger partial charge in [-0.3, -0.25) is 9.59 Å². The molecule has 1 N–H and O–H groups in total. The lowest BCUT2D eigenvalue weighted by Gasteiger charge is -2.19. The maximum absolute atomic E-state index is 12.8. The molecule has 1 atom stereocenters. The molecule has 1 amide bonds. The van der Waals surface area contributed by atoms with Gasteiger partial charge in [-0.25, -0.2) is 0 Å². The van der Waals surface area contributed by atoms with Crippen molar-refractivity contribution in [3.8, 4) is 5.75 Å². The molecular weight excluding hydrogens is 338 g/mol. The second-order valence-corrected chi connectivity index (χ2v) is 6.99. The number of ether oxygens (including phenoxy) is 1. The molecular formula is C19H21NO4S. The summed E-state index contributed by atoms with van der Waals surface area (Å²) < 4.78 is 5.13. The molecule has 0 aliphatic carbocycles. The number of benzene rings is 2. The SMILES string of the molecule is COc1ccc(CN(C)C(=O)c2ccccc2SC(C)C(=O)O)cc1. The summed E-state index contributed by atoms with van der Waals surface area (Å²) in [5.74, 6) is -0.280. The predicted molar refractivity (Wildman–Crippen MR) is 98.2 cm³/mol. The smallest absolute Gasteiger partial charge is 0.316 e. The number of hydrogen-bond acceptors (Lipinski definition) is 4. The van der Waals surface area contributed by atoms with Gasteiger partial charge in [-0.2, -0.15) is 0 Å². The molecule has 0 heterocycles. The van der Waals surface area contributed by atoms with Crippen LogP contribution in [0.1, 0.15) is 22.8 Å². The van der Waals surface area contributed by atoms with Crippen LogP contribution in [0.15, 0.2) is 53.4 Å². The first-order valence-electron chi connectivity index (χ1n) is 7.79. The highest BCUT2D eigenvalue weighted by Crippen LogP contribution is 2.28. The van der Waals surface area contributed by atoms with E-state index in [1.165, 1.54) is 11.8 Å². The zero-order chi connectivity index (χ0) is 18.4. The molecule has 1 unspecified atom stereocenters. The molecule has 6 heteroatoms. The molecule has 2 aromatic carbocycles. The number of amides is 1. The van der Waals surface area contributed by atoms with Crippen molar-refractivity contribution < 1.29 is 19.4 Å². The third-order valence-corrected chi connectivity index (χ3v) is 4.86. The molecule has 0 bridgehead atoms. The zero-order valence-electron chi connectivity index (χ0n) is 14.4. The normalized spacial score (nSPS) is 11.6. The molecule has 2 rings (SSSR count). The molecule has 0 aliphatic rings. The van der Waals surface area contributed by atoms with Gasteiger partial charge >= 0.3 is 5.97 Å². The molecule has 0 aliphatic heterocycles. The van der Waals surface area contributed by atoms with Crippen LogP contribution in [0.25, 0.3) is 0 Å². The van der Waals surface area contributed by atoms with E-state index in [9.17, 15) is 9.59 Å². The van der Waals surface area contributed by atoms with E-state index in [1.807, 2.05) is 24.3 Å². The van der Waals surface area contributed by atoms with Crippen LogP contribution in [0, 0.1) is 0 Å². The topological polar surface area (TPSA) is 66.8 Å². The maximum Gasteiger partial charge on any atom is 0.316 e. The Labute approximate surface area is 151 Å². The standard InChI is InChI=1S/C19H21NO4S/c1-13(19(22)23)25-17-7-5-4-6-16(17)18(21)20(2)12-14-8-10-15(24-3)11-9-14/h4-11,13H,12H2,1-3H3,(H,22,23). The van der Waals surface area contributed by atoms with Gasteiger partial charge in [0, 0.05) is 18.5 Å². The van der Waals surface area contributed by atoms with Crippen LogP contribution < -0.4 is 4.74 Å². The van der Waals surface area contributed by atoms with Gasteiger partial charge in [0.1, 0.15) is 11.0 Å². The fraction of sp³-hybridized carbons (Fsp3) is 0.263. The van der Waals surface area contributed by atoms with Crippen molar-refractivity contribution in [2.45, 2.75) is 23.6 Å². The van der Waals surface area contributed by atoms with E-state index in [-0.39, 0.29) is 5.91 Å². The first kappa shape index (κ1) is 18.9. The fourth-order valence-electron chi connectivity index (χ4n) is 2.27. The number of carbonyl (C=O) groups excluding carboxylic acids is 1. The number of carboxylic acids is 1. The summed E-state index contributed by atoms with van der Waals surface area (Å²) in [4.78, 5) is 26.2. The van der Waals surface area contributed by atoms with Gasteiger partial charge in [-0.05, 0) is 36.8 Å². The van der Waals surface area contributed by atoms with Crippen LogP contribution in [0.4, 0.5) is 0 Å². The average molecular weight is 359 g/mol. The van der Waals surface area contributed by atoms with E-state index in [2.05, 4.69) is 0 Å². The number of methoxy groups -OCH3 is 1. The number of rotatable bonds is 7. The van der Waals surface area contributed by atoms with Crippen LogP contribution in [-0.2, 0) is 11.3 Å². The van der Waals surface area contributed by atoms with Crippen molar-refractivity contribution in [3.63, 3.8) is 0 Å². The van der Waals surface area contributed by atoms with Crippen molar-refractivity contribution in [2.24, 2.45) is 0 Å². The van der Waals surface area contributed by atoms with E-state index in [0.29, 0.717) is 17.0 Å². The van der Waals surface area contributed by atoms with Crippen molar-refractivity contribution in [3.05, 3.63) is 59.7 Å². The number of nitrogens with zero attached hydrogens (tertiary/aromatic N) is 1. The average Bonchev–Trinajstić information content (AvgIpc) is 2.62. The third kappa shape index (κ3) is 5.00. The van der Waals surface area contributed by atoms with E-state index >= 15 is 0 Å². The van der Waals surface area contributed by atoms with Crippen LogP contribution in [-0.4, -0.2) is 41.3 Å². The highest BCUT2D eigenvalue weighted by Gasteiger charge is 2.20. The summed E-state index contributed by atoms with van der Waals surface area (Å²) in [6.07, 6.45) is 0. The van der Waals surface area contributed by atoms with Crippen molar-refractivity contribution in [1.82, 2.24) is 4.90 Å². The summed E-state index contributed by atoms with van der Waals surface area (Å²) in [5, 5.41) is 8.47. The minimum Gasteiger partial charge on any atom is -0.497 e. The Bertz CT molecular complexity index is 745. The molecule has 0 spiro atoms. The van der Waals surface area contributed by atoms with E-state index < -0.39 is 11.2 Å². The Morgan fingerprint density at radius 2 is 1.80 bits per heavy atom. The van der Waals surface area contributed by atoms with Crippen molar-refractivity contribution in [2.75, 3.05) is 14.2 Å². The lowest BCUT2D eigenvalue weighted by Crippen LogP contribution is -2.27. The lowest BCUT2D eigenvalue weighted by molar-refractivity contribution is -0.136. The van der Waals surface area contributed by atoms with Crippen molar-refractivity contribution in [1.29, 1.82) is 0 Å². The van der Waals surface area contributed by atoms with Crippen LogP contribution in [0.5, 0.6) is 5.75 Å². The Morgan fingerprint density at radius 1 is 1.16 bits per heavy atom. The first-order chi connectivity index (χ1) is 11.9. The Kier molecular flexibility index (Phi) is 6.47. The molecule has 2 aromatic rings. The molecule has 0 aromatic heterocycles. The summed E-state index contributed by atoms with van der Waals surface area (Å²) >= 11 is 1.17. The minimum atomic E-state index is -0.904. The first-order valence-corrected chi connectivity index (χ1v) is 8.67. The minimum absolute atomic E-state index is 0.142. The fourth-order valence-corrected chi connectivity index (χ4v) is 3.19. The maximum atomic E-state index is 12.8. The van der Waals surface area contributed by atoms with E-state index in [4.69, 9.17) is 9.84 Å².